The molecule has 0 atom stereocenters. The van der Waals surface area contributed by atoms with E-state index in [1.807, 2.05) is 19.1 Å². The number of carbonyl (C=O) groups is 1. The average molecular weight is 237 g/mol. The Morgan fingerprint density at radius 2 is 2.06 bits per heavy atom. The number of rotatable bonds is 2. The molecule has 0 saturated carbocycles. The van der Waals surface area contributed by atoms with E-state index >= 15 is 0 Å². The molecule has 2 aromatic rings. The number of aromatic nitrogens is 2. The summed E-state index contributed by atoms with van der Waals surface area (Å²) in [6.07, 6.45) is 1.37. The van der Waals surface area contributed by atoms with Crippen molar-refractivity contribution in [3.05, 3.63) is 46.6 Å². The Hall–Kier alpha value is -1.81. The van der Waals surface area contributed by atoms with E-state index in [2.05, 4.69) is 10.2 Å². The lowest BCUT2D eigenvalue weighted by Gasteiger charge is -2.02. The van der Waals surface area contributed by atoms with E-state index in [0.717, 1.165) is 5.56 Å². The van der Waals surface area contributed by atoms with Crippen LogP contribution in [0.15, 0.2) is 30.5 Å². The molecular formula is C11H9ClN2O2. The van der Waals surface area contributed by atoms with Crippen molar-refractivity contribution >= 4 is 17.6 Å². The Morgan fingerprint density at radius 1 is 1.38 bits per heavy atom. The first-order chi connectivity index (χ1) is 7.66. The topological polar surface area (TPSA) is 55.0 Å². The van der Waals surface area contributed by atoms with E-state index in [9.17, 15) is 4.79 Å². The lowest BCUT2D eigenvalue weighted by atomic mass is 10.1. The number of ether oxygens (including phenoxy) is 1. The Labute approximate surface area is 97.2 Å². The molecule has 16 heavy (non-hydrogen) atoms. The molecule has 4 nitrogen and oxygen atoms in total. The summed E-state index contributed by atoms with van der Waals surface area (Å²) in [5.74, 6) is -0.307. The number of hydrogen-bond acceptors (Lipinski definition) is 3. The highest BCUT2D eigenvalue weighted by Crippen LogP contribution is 2.20. The number of nitrogens with zero attached hydrogens (tertiary/aromatic N) is 1. The summed E-state index contributed by atoms with van der Waals surface area (Å²) in [4.78, 5) is 11.6. The maximum Gasteiger partial charge on any atom is 0.344 e. The van der Waals surface area contributed by atoms with Gasteiger partial charge in [0, 0.05) is 0 Å². The number of aryl methyl sites for hydroxylation is 1. The summed E-state index contributed by atoms with van der Waals surface area (Å²) in [5.41, 5.74) is 1.55. The number of aromatic amines is 1. The number of hydrogen-bond donors (Lipinski definition) is 1. The van der Waals surface area contributed by atoms with E-state index in [-0.39, 0.29) is 10.9 Å². The lowest BCUT2D eigenvalue weighted by Crippen LogP contribution is -2.08. The molecule has 82 valence electrons. The van der Waals surface area contributed by atoms with Gasteiger partial charge in [-0.15, -0.1) is 0 Å². The molecule has 0 aliphatic rings. The van der Waals surface area contributed by atoms with Gasteiger partial charge < -0.3 is 4.74 Å². The highest BCUT2D eigenvalue weighted by Gasteiger charge is 2.11. The third-order valence-corrected chi connectivity index (χ3v) is 2.31. The average Bonchev–Trinajstić information content (AvgIpc) is 2.65. The van der Waals surface area contributed by atoms with Crippen LogP contribution in [-0.4, -0.2) is 16.2 Å². The van der Waals surface area contributed by atoms with Gasteiger partial charge in [0.25, 0.3) is 0 Å². The maximum atomic E-state index is 11.6. The first-order valence-electron chi connectivity index (χ1n) is 4.64. The summed E-state index contributed by atoms with van der Waals surface area (Å²) >= 11 is 5.73. The van der Waals surface area contributed by atoms with E-state index in [1.54, 1.807) is 12.1 Å². The van der Waals surface area contributed by atoms with Crippen molar-refractivity contribution in [3.63, 3.8) is 0 Å². The van der Waals surface area contributed by atoms with Gasteiger partial charge in [-0.1, -0.05) is 29.3 Å². The quantitative estimate of drug-likeness (QED) is 0.816. The van der Waals surface area contributed by atoms with E-state index in [4.69, 9.17) is 16.3 Å². The van der Waals surface area contributed by atoms with Gasteiger partial charge in [-0.25, -0.2) is 9.89 Å². The fourth-order valence-corrected chi connectivity index (χ4v) is 1.30. The Balaban J connectivity index is 2.15. The standard InChI is InChI=1S/C11H9ClN2O2/c1-7-2-4-8(5-3-7)11(15)16-10-9(12)6-13-14-10/h2-6H,1H3,(H,13,14). The summed E-state index contributed by atoms with van der Waals surface area (Å²) in [6, 6.07) is 7.07. The number of carbonyl (C=O) groups excluding carboxylic acids is 1. The lowest BCUT2D eigenvalue weighted by molar-refractivity contribution is 0.0727. The summed E-state index contributed by atoms with van der Waals surface area (Å²) in [6.45, 7) is 1.95. The summed E-state index contributed by atoms with van der Waals surface area (Å²) in [7, 11) is 0. The largest absolute Gasteiger partial charge is 0.403 e. The van der Waals surface area contributed by atoms with Crippen LogP contribution in [0.25, 0.3) is 0 Å². The fraction of sp³-hybridized carbons (Fsp3) is 0.0909. The second-order valence-electron chi connectivity index (χ2n) is 3.30. The number of nitrogens with one attached hydrogen (secondary N) is 1. The molecule has 2 rings (SSSR count). The third-order valence-electron chi connectivity index (χ3n) is 2.04. The predicted molar refractivity (Wildman–Crippen MR) is 59.7 cm³/mol. The van der Waals surface area contributed by atoms with Crippen molar-refractivity contribution in [3.8, 4) is 5.88 Å². The van der Waals surface area contributed by atoms with Crippen LogP contribution in [-0.2, 0) is 0 Å². The van der Waals surface area contributed by atoms with Crippen molar-refractivity contribution in [2.45, 2.75) is 6.92 Å². The van der Waals surface area contributed by atoms with Crippen LogP contribution < -0.4 is 4.74 Å². The highest BCUT2D eigenvalue weighted by atomic mass is 35.5. The van der Waals surface area contributed by atoms with Crippen LogP contribution in [0.5, 0.6) is 5.88 Å². The van der Waals surface area contributed by atoms with Crippen LogP contribution in [0.1, 0.15) is 15.9 Å². The minimum absolute atomic E-state index is 0.159. The summed E-state index contributed by atoms with van der Waals surface area (Å²) in [5, 5.41) is 6.42. The number of esters is 1. The Bertz CT molecular complexity index is 505. The fourth-order valence-electron chi connectivity index (χ4n) is 1.17. The molecule has 0 spiro atoms. The molecule has 0 amide bonds. The summed E-state index contributed by atoms with van der Waals surface area (Å²) < 4.78 is 5.02. The van der Waals surface area contributed by atoms with E-state index < -0.39 is 5.97 Å². The van der Waals surface area contributed by atoms with Crippen LogP contribution in [0.4, 0.5) is 0 Å². The van der Waals surface area contributed by atoms with Gasteiger partial charge in [-0.05, 0) is 19.1 Å². The zero-order valence-corrected chi connectivity index (χ0v) is 9.28. The van der Waals surface area contributed by atoms with Crippen molar-refractivity contribution in [2.75, 3.05) is 0 Å². The van der Waals surface area contributed by atoms with Crippen molar-refractivity contribution in [1.82, 2.24) is 10.2 Å². The second kappa shape index (κ2) is 4.37. The first kappa shape index (κ1) is 10.7. The predicted octanol–water partition coefficient (Wildman–Crippen LogP) is 2.59. The van der Waals surface area contributed by atoms with Crippen molar-refractivity contribution in [1.29, 1.82) is 0 Å². The molecule has 0 bridgehead atoms. The van der Waals surface area contributed by atoms with Gasteiger partial charge in [0.05, 0.1) is 11.8 Å². The highest BCUT2D eigenvalue weighted by molar-refractivity contribution is 6.31. The zero-order valence-electron chi connectivity index (χ0n) is 8.53. The maximum absolute atomic E-state index is 11.6. The van der Waals surface area contributed by atoms with Crippen LogP contribution in [0.2, 0.25) is 5.02 Å². The molecule has 0 radical (unpaired) electrons. The van der Waals surface area contributed by atoms with Crippen molar-refractivity contribution in [2.24, 2.45) is 0 Å². The second-order valence-corrected chi connectivity index (χ2v) is 3.71. The number of H-pyrrole nitrogens is 1. The molecule has 0 saturated heterocycles. The normalized spacial score (nSPS) is 10.1. The molecule has 1 heterocycles. The molecule has 5 heteroatoms. The van der Waals surface area contributed by atoms with Gasteiger partial charge >= 0.3 is 5.97 Å². The SMILES string of the molecule is Cc1ccc(C(=O)Oc2[nH]ncc2Cl)cc1. The van der Waals surface area contributed by atoms with Gasteiger partial charge in [0.1, 0.15) is 5.02 Å². The molecule has 0 unspecified atom stereocenters. The Kier molecular flexibility index (Phi) is 2.92. The van der Waals surface area contributed by atoms with E-state index in [0.29, 0.717) is 5.56 Å². The first-order valence-corrected chi connectivity index (χ1v) is 5.02. The van der Waals surface area contributed by atoms with Gasteiger partial charge in [-0.2, -0.15) is 5.10 Å². The zero-order chi connectivity index (χ0) is 11.5. The van der Waals surface area contributed by atoms with Gasteiger partial charge in [-0.3, -0.25) is 0 Å². The monoisotopic (exact) mass is 236 g/mol. The number of benzene rings is 1. The van der Waals surface area contributed by atoms with Gasteiger partial charge in [0.2, 0.25) is 5.88 Å². The molecule has 0 aliphatic carbocycles. The van der Waals surface area contributed by atoms with Crippen LogP contribution >= 0.6 is 11.6 Å². The minimum Gasteiger partial charge on any atom is -0.403 e. The smallest absolute Gasteiger partial charge is 0.344 e. The van der Waals surface area contributed by atoms with Crippen molar-refractivity contribution < 1.29 is 9.53 Å². The van der Waals surface area contributed by atoms with E-state index in [1.165, 1.54) is 6.20 Å². The van der Waals surface area contributed by atoms with Gasteiger partial charge in [0.15, 0.2) is 0 Å². The molecule has 1 aromatic heterocycles. The molecule has 0 fully saturated rings. The molecule has 0 aliphatic heterocycles. The van der Waals surface area contributed by atoms with Crippen LogP contribution in [0.3, 0.4) is 0 Å². The minimum atomic E-state index is -0.467. The number of halogens is 1. The third kappa shape index (κ3) is 2.23. The molecule has 1 N–H and O–H groups in total. The molecule has 1 aromatic carbocycles. The van der Waals surface area contributed by atoms with Crippen LogP contribution in [0, 0.1) is 6.92 Å². The Morgan fingerprint density at radius 3 is 2.62 bits per heavy atom. The molecular weight excluding hydrogens is 228 g/mol.